The SMILES string of the molecule is COc1ccc2cc1-c1cccc(c1)OCC(=O)NCc1cc(F)cc(c1)O[C@@H]1CCN(C(=O)c3ccc4ncnn4c3)C[C@H]1NC2=O. The predicted octanol–water partition coefficient (Wildman–Crippen LogP) is 3.64. The number of piperidine rings is 1. The highest BCUT2D eigenvalue weighted by atomic mass is 19.1. The Labute approximate surface area is 274 Å². The molecule has 3 aromatic carbocycles. The zero-order valence-corrected chi connectivity index (χ0v) is 25.9. The molecule has 0 aliphatic carbocycles. The van der Waals surface area contributed by atoms with Gasteiger partial charge < -0.3 is 29.7 Å². The number of methoxy groups -OCH3 is 1. The molecule has 7 rings (SSSR count). The molecular formula is C35H31FN6O6. The fourth-order valence-electron chi connectivity index (χ4n) is 5.97. The van der Waals surface area contributed by atoms with Gasteiger partial charge in [-0.25, -0.2) is 13.9 Å². The zero-order chi connectivity index (χ0) is 33.2. The van der Waals surface area contributed by atoms with Crippen LogP contribution in [0, 0.1) is 5.82 Å². The van der Waals surface area contributed by atoms with Gasteiger partial charge in [0, 0.05) is 49.4 Å². The first-order valence-electron chi connectivity index (χ1n) is 15.4. The van der Waals surface area contributed by atoms with E-state index in [1.165, 1.54) is 23.0 Å². The topological polar surface area (TPSA) is 136 Å². The summed E-state index contributed by atoms with van der Waals surface area (Å²) in [6.07, 6.45) is 2.77. The number of nitrogens with one attached hydrogen (secondary N) is 2. The highest BCUT2D eigenvalue weighted by molar-refractivity contribution is 5.97. The van der Waals surface area contributed by atoms with Crippen LogP contribution in [0.1, 0.15) is 32.7 Å². The minimum absolute atomic E-state index is 0.0443. The number of ether oxygens (including phenoxy) is 3. The van der Waals surface area contributed by atoms with Crippen LogP contribution in [0.3, 0.4) is 0 Å². The lowest BCUT2D eigenvalue weighted by molar-refractivity contribution is -0.123. The van der Waals surface area contributed by atoms with Crippen molar-refractivity contribution in [2.75, 3.05) is 26.8 Å². The maximum atomic E-state index is 14.8. The smallest absolute Gasteiger partial charge is 0.258 e. The molecule has 0 saturated carbocycles. The van der Waals surface area contributed by atoms with Gasteiger partial charge in [-0.1, -0.05) is 12.1 Å². The molecule has 2 aliphatic heterocycles. The number of amides is 3. The average Bonchev–Trinajstić information content (AvgIpc) is 3.58. The van der Waals surface area contributed by atoms with Crippen LogP contribution in [-0.2, 0) is 11.3 Å². The molecule has 13 heteroatoms. The normalized spacial score (nSPS) is 18.2. The number of likely N-dealkylation sites (tertiary alicyclic amines) is 1. The molecule has 1 saturated heterocycles. The second-order valence-electron chi connectivity index (χ2n) is 11.6. The van der Waals surface area contributed by atoms with Gasteiger partial charge in [-0.3, -0.25) is 14.4 Å². The minimum atomic E-state index is -0.666. The van der Waals surface area contributed by atoms with E-state index in [4.69, 9.17) is 14.2 Å². The van der Waals surface area contributed by atoms with Gasteiger partial charge in [-0.05, 0) is 65.7 Å². The average molecular weight is 651 g/mol. The summed E-state index contributed by atoms with van der Waals surface area (Å²) in [5, 5.41) is 9.95. The molecule has 12 nitrogen and oxygen atoms in total. The van der Waals surface area contributed by atoms with Crippen LogP contribution >= 0.6 is 0 Å². The Kier molecular flexibility index (Phi) is 8.32. The maximum Gasteiger partial charge on any atom is 0.258 e. The van der Waals surface area contributed by atoms with E-state index < -0.39 is 23.9 Å². The fourth-order valence-corrected chi connectivity index (χ4v) is 5.97. The standard InChI is InChI=1S/C35H31FN6O6/c1-46-30-7-5-23-14-28(30)22-3-2-4-26(13-22)47-19-33(43)37-16-21-11-25(36)15-27(12-21)48-31-9-10-41(18-29(31)40-34(23)44)35(45)24-6-8-32-38-20-39-42(32)17-24/h2-8,11-15,17,20,29,31H,9-10,16,18-19H2,1H3,(H,37,43)(H,40,44)/t29-,31-/m1/s1. The van der Waals surface area contributed by atoms with E-state index in [-0.39, 0.29) is 37.3 Å². The number of rotatable bonds is 2. The summed E-state index contributed by atoms with van der Waals surface area (Å²) in [6.45, 7) is 0.244. The Morgan fingerprint density at radius 1 is 1.02 bits per heavy atom. The molecule has 0 unspecified atom stereocenters. The Morgan fingerprint density at radius 3 is 2.79 bits per heavy atom. The number of nitrogens with zero attached hydrogens (tertiary/aromatic N) is 4. The van der Waals surface area contributed by atoms with Gasteiger partial charge in [0.15, 0.2) is 12.3 Å². The van der Waals surface area contributed by atoms with Gasteiger partial charge in [0.05, 0.1) is 18.7 Å². The summed E-state index contributed by atoms with van der Waals surface area (Å²) in [5.41, 5.74) is 3.21. The molecule has 6 bridgehead atoms. The molecule has 2 aliphatic rings. The number of pyridine rings is 1. The van der Waals surface area contributed by atoms with Crippen LogP contribution in [0.2, 0.25) is 0 Å². The summed E-state index contributed by atoms with van der Waals surface area (Å²) in [6, 6.07) is 19.1. The van der Waals surface area contributed by atoms with E-state index in [1.807, 2.05) is 6.07 Å². The van der Waals surface area contributed by atoms with Crippen molar-refractivity contribution >= 4 is 23.4 Å². The quantitative estimate of drug-likeness (QED) is 0.296. The van der Waals surface area contributed by atoms with Crippen LogP contribution < -0.4 is 24.8 Å². The summed E-state index contributed by atoms with van der Waals surface area (Å²) in [4.78, 5) is 45.9. The number of fused-ring (bicyclic) bond motifs is 9. The Morgan fingerprint density at radius 2 is 1.92 bits per heavy atom. The van der Waals surface area contributed by atoms with Crippen molar-refractivity contribution in [3.63, 3.8) is 0 Å². The van der Waals surface area contributed by atoms with Crippen LogP contribution in [0.25, 0.3) is 16.8 Å². The van der Waals surface area contributed by atoms with Crippen LogP contribution in [-0.4, -0.2) is 76.2 Å². The Hall–Kier alpha value is -5.98. The van der Waals surface area contributed by atoms with E-state index in [2.05, 4.69) is 20.7 Å². The molecule has 48 heavy (non-hydrogen) atoms. The molecule has 3 amide bonds. The lowest BCUT2D eigenvalue weighted by atomic mass is 9.98. The van der Waals surface area contributed by atoms with E-state index >= 15 is 0 Å². The second-order valence-corrected chi connectivity index (χ2v) is 11.6. The van der Waals surface area contributed by atoms with Gasteiger partial charge >= 0.3 is 0 Å². The van der Waals surface area contributed by atoms with E-state index in [9.17, 15) is 18.8 Å². The van der Waals surface area contributed by atoms with Crippen molar-refractivity contribution in [2.24, 2.45) is 0 Å². The highest BCUT2D eigenvalue weighted by Crippen LogP contribution is 2.33. The third kappa shape index (κ3) is 6.47. The van der Waals surface area contributed by atoms with Gasteiger partial charge in [-0.2, -0.15) is 5.10 Å². The number of benzene rings is 3. The van der Waals surface area contributed by atoms with Crippen LogP contribution in [0.5, 0.6) is 17.2 Å². The molecule has 2 aromatic heterocycles. The first-order valence-corrected chi connectivity index (χ1v) is 15.4. The maximum absolute atomic E-state index is 14.8. The molecule has 0 radical (unpaired) electrons. The van der Waals surface area contributed by atoms with Crippen molar-refractivity contribution in [3.05, 3.63) is 108 Å². The highest BCUT2D eigenvalue weighted by Gasteiger charge is 2.35. The lowest BCUT2D eigenvalue weighted by Gasteiger charge is -2.39. The summed E-state index contributed by atoms with van der Waals surface area (Å²) < 4.78 is 33.9. The molecule has 2 atom stereocenters. The number of carbonyl (C=O) groups is 3. The van der Waals surface area contributed by atoms with E-state index in [0.29, 0.717) is 57.9 Å². The number of hydrogen-bond donors (Lipinski definition) is 2. The van der Waals surface area contributed by atoms with Crippen molar-refractivity contribution in [1.29, 1.82) is 0 Å². The summed E-state index contributed by atoms with van der Waals surface area (Å²) >= 11 is 0. The van der Waals surface area contributed by atoms with Gasteiger partial charge in [0.2, 0.25) is 0 Å². The first kappa shape index (κ1) is 30.7. The number of carbonyl (C=O) groups excluding carboxylic acids is 3. The molecule has 0 spiro atoms. The molecular weight excluding hydrogens is 619 g/mol. The summed E-state index contributed by atoms with van der Waals surface area (Å²) in [7, 11) is 1.54. The lowest BCUT2D eigenvalue weighted by Crippen LogP contribution is -2.58. The number of aromatic nitrogens is 3. The minimum Gasteiger partial charge on any atom is -0.496 e. The Bertz CT molecular complexity index is 2030. The molecule has 244 valence electrons. The third-order valence-electron chi connectivity index (χ3n) is 8.36. The second kappa shape index (κ2) is 13.0. The third-order valence-corrected chi connectivity index (χ3v) is 8.36. The monoisotopic (exact) mass is 650 g/mol. The van der Waals surface area contributed by atoms with Gasteiger partial charge in [0.25, 0.3) is 17.7 Å². The fraction of sp³-hybridized carbons (Fsp3) is 0.229. The summed E-state index contributed by atoms with van der Waals surface area (Å²) in [5.74, 6) is -0.357. The zero-order valence-electron chi connectivity index (χ0n) is 25.9. The van der Waals surface area contributed by atoms with Gasteiger partial charge in [0.1, 0.15) is 35.5 Å². The first-order chi connectivity index (χ1) is 23.3. The molecule has 4 heterocycles. The number of hydrogen-bond acceptors (Lipinski definition) is 8. The van der Waals surface area contributed by atoms with Crippen molar-refractivity contribution in [2.45, 2.75) is 25.1 Å². The van der Waals surface area contributed by atoms with Crippen LogP contribution in [0.15, 0.2) is 85.3 Å². The van der Waals surface area contributed by atoms with Crippen molar-refractivity contribution in [1.82, 2.24) is 30.1 Å². The van der Waals surface area contributed by atoms with Crippen molar-refractivity contribution in [3.8, 4) is 28.4 Å². The van der Waals surface area contributed by atoms with E-state index in [1.54, 1.807) is 72.8 Å². The largest absolute Gasteiger partial charge is 0.496 e. The van der Waals surface area contributed by atoms with Crippen molar-refractivity contribution < 1.29 is 33.0 Å². The molecule has 1 fully saturated rings. The van der Waals surface area contributed by atoms with Crippen LogP contribution in [0.4, 0.5) is 4.39 Å². The predicted molar refractivity (Wildman–Crippen MR) is 171 cm³/mol. The Balaban J connectivity index is 1.24. The molecule has 5 aromatic rings. The molecule has 2 N–H and O–H groups in total. The van der Waals surface area contributed by atoms with E-state index in [0.717, 1.165) is 0 Å². The van der Waals surface area contributed by atoms with Gasteiger partial charge in [-0.15, -0.1) is 0 Å². The number of halogens is 1.